The number of alkyl halides is 2. The van der Waals surface area contributed by atoms with Gasteiger partial charge in [-0.3, -0.25) is 14.6 Å². The summed E-state index contributed by atoms with van der Waals surface area (Å²) in [5.74, 6) is -4.24. The second-order valence-electron chi connectivity index (χ2n) is 6.85. The predicted molar refractivity (Wildman–Crippen MR) is 93.3 cm³/mol. The summed E-state index contributed by atoms with van der Waals surface area (Å²) in [6, 6.07) is 2.12. The molecule has 2 fully saturated rings. The molecule has 2 saturated heterocycles. The van der Waals surface area contributed by atoms with E-state index in [-0.39, 0.29) is 0 Å². The summed E-state index contributed by atoms with van der Waals surface area (Å²) in [6.07, 6.45) is 5.66. The van der Waals surface area contributed by atoms with Gasteiger partial charge < -0.3 is 15.1 Å². The average molecular weight is 377 g/mol. The number of rotatable bonds is 4. The van der Waals surface area contributed by atoms with E-state index in [0.717, 1.165) is 37.3 Å². The molecule has 1 N–H and O–H groups in total. The fourth-order valence-electron chi connectivity index (χ4n) is 3.51. The van der Waals surface area contributed by atoms with Crippen molar-refractivity contribution in [3.63, 3.8) is 0 Å². The van der Waals surface area contributed by atoms with Crippen LogP contribution in [0.1, 0.15) is 36.0 Å². The third-order valence-corrected chi connectivity index (χ3v) is 4.88. The first-order valence-electron chi connectivity index (χ1n) is 8.95. The molecule has 1 atom stereocenters. The molecule has 0 saturated carbocycles. The lowest BCUT2D eigenvalue weighted by Crippen LogP contribution is -2.43. The summed E-state index contributed by atoms with van der Waals surface area (Å²) in [6.45, 7) is 0.429. The zero-order valence-corrected chi connectivity index (χ0v) is 14.8. The summed E-state index contributed by atoms with van der Waals surface area (Å²) in [7, 11) is 0. The van der Waals surface area contributed by atoms with Crippen molar-refractivity contribution in [1.29, 1.82) is 5.26 Å². The first kappa shape index (κ1) is 19.0. The number of carbonyl (C=O) groups excluding carboxylic acids is 2. The van der Waals surface area contributed by atoms with E-state index in [2.05, 4.69) is 15.2 Å². The number of halogens is 2. The summed E-state index contributed by atoms with van der Waals surface area (Å²) in [5, 5.41) is 11.5. The van der Waals surface area contributed by atoms with Crippen LogP contribution in [0.3, 0.4) is 0 Å². The van der Waals surface area contributed by atoms with Gasteiger partial charge in [-0.05, 0) is 25.3 Å². The van der Waals surface area contributed by atoms with Crippen LogP contribution < -0.4 is 10.2 Å². The molecule has 3 heterocycles. The maximum Gasteiger partial charge on any atom is 0.268 e. The number of hydrogen-bond acceptors (Lipinski definition) is 5. The minimum absolute atomic E-state index is 0.392. The Hall–Kier alpha value is -2.76. The smallest absolute Gasteiger partial charge is 0.268 e. The van der Waals surface area contributed by atoms with Crippen molar-refractivity contribution < 1.29 is 18.4 Å². The zero-order chi connectivity index (χ0) is 19.4. The SMILES string of the molecule is N#CC1CC(F)(F)CN1C(=O)CNC(=O)c1ccncc1N1CCCCC1. The van der Waals surface area contributed by atoms with Crippen LogP contribution in [0.5, 0.6) is 0 Å². The van der Waals surface area contributed by atoms with E-state index in [9.17, 15) is 18.4 Å². The number of amides is 2. The van der Waals surface area contributed by atoms with Crippen molar-refractivity contribution in [2.75, 3.05) is 31.1 Å². The lowest BCUT2D eigenvalue weighted by atomic mass is 10.1. The molecule has 1 aromatic heterocycles. The van der Waals surface area contributed by atoms with Crippen molar-refractivity contribution in [3.8, 4) is 6.07 Å². The van der Waals surface area contributed by atoms with Crippen LogP contribution in [0, 0.1) is 11.3 Å². The number of hydrogen-bond donors (Lipinski definition) is 1. The van der Waals surface area contributed by atoms with E-state index >= 15 is 0 Å². The molecule has 0 bridgehead atoms. The molecular weight excluding hydrogens is 356 g/mol. The zero-order valence-electron chi connectivity index (χ0n) is 14.8. The molecule has 144 valence electrons. The number of anilines is 1. The van der Waals surface area contributed by atoms with Crippen LogP contribution >= 0.6 is 0 Å². The molecule has 2 aliphatic heterocycles. The van der Waals surface area contributed by atoms with Gasteiger partial charge in [0, 0.05) is 25.7 Å². The number of likely N-dealkylation sites (tertiary alicyclic amines) is 1. The number of pyridine rings is 1. The van der Waals surface area contributed by atoms with Crippen LogP contribution in [0.25, 0.3) is 0 Å². The van der Waals surface area contributed by atoms with E-state index in [4.69, 9.17) is 5.26 Å². The lowest BCUT2D eigenvalue weighted by molar-refractivity contribution is -0.131. The first-order chi connectivity index (χ1) is 12.9. The number of aromatic nitrogens is 1. The molecule has 2 aliphatic rings. The van der Waals surface area contributed by atoms with Crippen molar-refractivity contribution in [2.45, 2.75) is 37.6 Å². The van der Waals surface area contributed by atoms with Crippen molar-refractivity contribution in [1.82, 2.24) is 15.2 Å². The Balaban J connectivity index is 1.65. The van der Waals surface area contributed by atoms with Crippen LogP contribution in [0.4, 0.5) is 14.5 Å². The average Bonchev–Trinajstić information content (AvgIpc) is 3.01. The summed E-state index contributed by atoms with van der Waals surface area (Å²) in [4.78, 5) is 31.8. The number of nitriles is 1. The third kappa shape index (κ3) is 4.32. The topological polar surface area (TPSA) is 89.3 Å². The molecule has 2 amide bonds. The maximum absolute atomic E-state index is 13.5. The van der Waals surface area contributed by atoms with Gasteiger partial charge in [-0.25, -0.2) is 8.78 Å². The number of piperidine rings is 1. The van der Waals surface area contributed by atoms with Crippen LogP contribution in [-0.4, -0.2) is 59.8 Å². The largest absolute Gasteiger partial charge is 0.370 e. The molecule has 1 unspecified atom stereocenters. The molecule has 1 aromatic rings. The van der Waals surface area contributed by atoms with Crippen LogP contribution in [0.2, 0.25) is 0 Å². The Labute approximate surface area is 155 Å². The van der Waals surface area contributed by atoms with Gasteiger partial charge in [0.05, 0.1) is 36.6 Å². The standard InChI is InChI=1S/C18H21F2N5O2/c19-18(20)8-13(9-21)25(12-18)16(26)11-23-17(27)14-4-5-22-10-15(14)24-6-2-1-3-7-24/h4-5,10,13H,1-3,6-8,11-12H2,(H,23,27). The Bertz CT molecular complexity index is 758. The number of carbonyl (C=O) groups is 2. The third-order valence-electron chi connectivity index (χ3n) is 4.88. The van der Waals surface area contributed by atoms with Gasteiger partial charge >= 0.3 is 0 Å². The second kappa shape index (κ2) is 7.86. The van der Waals surface area contributed by atoms with Crippen molar-refractivity contribution >= 4 is 17.5 Å². The summed E-state index contributed by atoms with van der Waals surface area (Å²) in [5.41, 5.74) is 1.09. The maximum atomic E-state index is 13.5. The molecule has 27 heavy (non-hydrogen) atoms. The van der Waals surface area contributed by atoms with Gasteiger partial charge in [0.1, 0.15) is 6.04 Å². The predicted octanol–water partition coefficient (Wildman–Crippen LogP) is 1.56. The Morgan fingerprint density at radius 2 is 2.07 bits per heavy atom. The normalized spacial score (nSPS) is 21.6. The lowest BCUT2D eigenvalue weighted by Gasteiger charge is -2.29. The molecule has 9 heteroatoms. The monoisotopic (exact) mass is 377 g/mol. The second-order valence-corrected chi connectivity index (χ2v) is 6.85. The Kier molecular flexibility index (Phi) is 5.54. The van der Waals surface area contributed by atoms with Gasteiger partial charge in [-0.15, -0.1) is 0 Å². The van der Waals surface area contributed by atoms with Gasteiger partial charge in [-0.2, -0.15) is 5.26 Å². The Morgan fingerprint density at radius 1 is 1.33 bits per heavy atom. The fraction of sp³-hybridized carbons (Fsp3) is 0.556. The highest BCUT2D eigenvalue weighted by molar-refractivity contribution is 6.01. The summed E-state index contributed by atoms with van der Waals surface area (Å²) < 4.78 is 26.9. The summed E-state index contributed by atoms with van der Waals surface area (Å²) >= 11 is 0. The molecule has 7 nitrogen and oxygen atoms in total. The highest BCUT2D eigenvalue weighted by atomic mass is 19.3. The fourth-order valence-corrected chi connectivity index (χ4v) is 3.51. The number of nitrogens with one attached hydrogen (secondary N) is 1. The molecule has 0 spiro atoms. The molecule has 0 aliphatic carbocycles. The van der Waals surface area contributed by atoms with Gasteiger partial charge in [0.2, 0.25) is 5.91 Å². The Morgan fingerprint density at radius 3 is 2.78 bits per heavy atom. The molecule has 3 rings (SSSR count). The highest BCUT2D eigenvalue weighted by Gasteiger charge is 2.47. The van der Waals surface area contributed by atoms with Gasteiger partial charge in [0.15, 0.2) is 0 Å². The van der Waals surface area contributed by atoms with Crippen molar-refractivity contribution in [3.05, 3.63) is 24.0 Å². The van der Waals surface area contributed by atoms with E-state index in [0.29, 0.717) is 11.3 Å². The molecule has 0 aromatic carbocycles. The van der Waals surface area contributed by atoms with E-state index < -0.39 is 43.3 Å². The minimum atomic E-state index is -3.08. The van der Waals surface area contributed by atoms with E-state index in [1.165, 1.54) is 6.20 Å². The van der Waals surface area contributed by atoms with E-state index in [1.54, 1.807) is 18.3 Å². The van der Waals surface area contributed by atoms with Crippen LogP contribution in [0.15, 0.2) is 18.5 Å². The van der Waals surface area contributed by atoms with E-state index in [1.807, 2.05) is 0 Å². The van der Waals surface area contributed by atoms with Gasteiger partial charge in [-0.1, -0.05) is 0 Å². The van der Waals surface area contributed by atoms with Crippen molar-refractivity contribution in [2.24, 2.45) is 0 Å². The minimum Gasteiger partial charge on any atom is -0.370 e. The van der Waals surface area contributed by atoms with Crippen LogP contribution in [-0.2, 0) is 4.79 Å². The highest BCUT2D eigenvalue weighted by Crippen LogP contribution is 2.31. The quantitative estimate of drug-likeness (QED) is 0.860. The first-order valence-corrected chi connectivity index (χ1v) is 8.95. The molecule has 0 radical (unpaired) electrons. The number of nitrogens with zero attached hydrogens (tertiary/aromatic N) is 4. The molecular formula is C18H21F2N5O2. The van der Waals surface area contributed by atoms with Gasteiger partial charge in [0.25, 0.3) is 11.8 Å².